The van der Waals surface area contributed by atoms with Crippen LogP contribution >= 0.6 is 0 Å². The van der Waals surface area contributed by atoms with E-state index in [1.807, 2.05) is 6.20 Å². The minimum absolute atomic E-state index is 0.737. The Morgan fingerprint density at radius 2 is 2.10 bits per heavy atom. The van der Waals surface area contributed by atoms with Crippen molar-refractivity contribution < 1.29 is 4.74 Å². The van der Waals surface area contributed by atoms with Crippen LogP contribution in [0, 0.1) is 5.92 Å². The van der Waals surface area contributed by atoms with E-state index >= 15 is 0 Å². The average molecular weight is 275 g/mol. The summed E-state index contributed by atoms with van der Waals surface area (Å²) in [4.78, 5) is 6.82. The zero-order valence-electron chi connectivity index (χ0n) is 12.3. The Balaban J connectivity index is 1.55. The molecule has 0 spiro atoms. The van der Waals surface area contributed by atoms with Crippen molar-refractivity contribution in [1.29, 1.82) is 0 Å². The summed E-state index contributed by atoms with van der Waals surface area (Å²) in [6, 6.07) is 5.06. The number of pyridine rings is 1. The zero-order valence-corrected chi connectivity index (χ0v) is 12.3. The average Bonchev–Trinajstić information content (AvgIpc) is 3.31. The summed E-state index contributed by atoms with van der Waals surface area (Å²) < 4.78 is 5.43. The van der Waals surface area contributed by atoms with Crippen LogP contribution in [0.5, 0.6) is 0 Å². The number of rotatable bonds is 6. The van der Waals surface area contributed by atoms with E-state index in [-0.39, 0.29) is 0 Å². The molecule has 2 heterocycles. The van der Waals surface area contributed by atoms with E-state index in [4.69, 9.17) is 4.74 Å². The third-order valence-corrected chi connectivity index (χ3v) is 4.26. The molecule has 1 aliphatic heterocycles. The summed E-state index contributed by atoms with van der Waals surface area (Å²) in [6.07, 6.45) is 6.95. The van der Waals surface area contributed by atoms with Gasteiger partial charge in [-0.3, -0.25) is 4.98 Å². The molecule has 2 fully saturated rings. The second-order valence-electron chi connectivity index (χ2n) is 6.10. The van der Waals surface area contributed by atoms with Gasteiger partial charge in [0.25, 0.3) is 0 Å². The topological polar surface area (TPSA) is 37.4 Å². The fourth-order valence-corrected chi connectivity index (χ4v) is 2.76. The first kappa shape index (κ1) is 13.8. The Morgan fingerprint density at radius 3 is 2.85 bits per heavy atom. The summed E-state index contributed by atoms with van der Waals surface area (Å²) in [5, 5.41) is 3.52. The quantitative estimate of drug-likeness (QED) is 0.863. The summed E-state index contributed by atoms with van der Waals surface area (Å²) in [7, 11) is 2.18. The van der Waals surface area contributed by atoms with Gasteiger partial charge in [0.05, 0.1) is 5.69 Å². The molecule has 1 saturated carbocycles. The molecule has 0 atom stereocenters. The summed E-state index contributed by atoms with van der Waals surface area (Å²) >= 11 is 0. The first-order chi connectivity index (χ1) is 9.81. The molecule has 0 radical (unpaired) electrons. The maximum atomic E-state index is 5.43. The summed E-state index contributed by atoms with van der Waals surface area (Å²) in [5.41, 5.74) is 2.42. The maximum Gasteiger partial charge on any atom is 0.0562 e. The van der Waals surface area contributed by atoms with Crippen LogP contribution in [0.15, 0.2) is 18.3 Å². The maximum absolute atomic E-state index is 5.43. The molecule has 0 unspecified atom stereocenters. The second kappa shape index (κ2) is 6.55. The van der Waals surface area contributed by atoms with Crippen LogP contribution in [-0.2, 0) is 11.3 Å². The van der Waals surface area contributed by atoms with Crippen molar-refractivity contribution in [2.24, 2.45) is 5.92 Å². The fraction of sp³-hybridized carbons (Fsp3) is 0.688. The van der Waals surface area contributed by atoms with E-state index in [2.05, 4.69) is 34.4 Å². The van der Waals surface area contributed by atoms with Gasteiger partial charge in [-0.25, -0.2) is 0 Å². The fourth-order valence-electron chi connectivity index (χ4n) is 2.76. The lowest BCUT2D eigenvalue weighted by molar-refractivity contribution is 0.0685. The Morgan fingerprint density at radius 1 is 1.30 bits per heavy atom. The van der Waals surface area contributed by atoms with Crippen LogP contribution < -0.4 is 10.2 Å². The Hall–Kier alpha value is -1.13. The van der Waals surface area contributed by atoms with Crippen LogP contribution in [0.3, 0.4) is 0 Å². The highest BCUT2D eigenvalue weighted by molar-refractivity contribution is 5.45. The van der Waals surface area contributed by atoms with E-state index in [9.17, 15) is 0 Å². The molecule has 20 heavy (non-hydrogen) atoms. The molecule has 0 amide bonds. The van der Waals surface area contributed by atoms with E-state index in [0.29, 0.717) is 0 Å². The predicted molar refractivity (Wildman–Crippen MR) is 80.9 cm³/mol. The van der Waals surface area contributed by atoms with Crippen molar-refractivity contribution in [1.82, 2.24) is 10.3 Å². The van der Waals surface area contributed by atoms with Gasteiger partial charge in [0.15, 0.2) is 0 Å². The van der Waals surface area contributed by atoms with Gasteiger partial charge in [-0.1, -0.05) is 0 Å². The lowest BCUT2D eigenvalue weighted by Gasteiger charge is -2.28. The number of hydrogen-bond donors (Lipinski definition) is 1. The van der Waals surface area contributed by atoms with Gasteiger partial charge in [0.1, 0.15) is 0 Å². The molecule has 1 aromatic rings. The smallest absolute Gasteiger partial charge is 0.0562 e. The number of ether oxygens (including phenoxy) is 1. The van der Waals surface area contributed by atoms with Crippen LogP contribution in [0.25, 0.3) is 0 Å². The van der Waals surface area contributed by atoms with Gasteiger partial charge in [0.2, 0.25) is 0 Å². The number of nitrogens with zero attached hydrogens (tertiary/aromatic N) is 2. The van der Waals surface area contributed by atoms with Crippen LogP contribution in [-0.4, -0.2) is 37.8 Å². The van der Waals surface area contributed by atoms with Crippen molar-refractivity contribution in [3.05, 3.63) is 24.0 Å². The normalized spacial score (nSPS) is 20.1. The minimum Gasteiger partial charge on any atom is -0.381 e. The second-order valence-corrected chi connectivity index (χ2v) is 6.10. The Bertz CT molecular complexity index is 427. The number of nitrogens with one attached hydrogen (secondary N) is 1. The predicted octanol–water partition coefficient (Wildman–Crippen LogP) is 2.20. The summed E-state index contributed by atoms with van der Waals surface area (Å²) in [5.74, 6) is 0.759. The molecule has 110 valence electrons. The summed E-state index contributed by atoms with van der Waals surface area (Å²) in [6.45, 7) is 3.85. The highest BCUT2D eigenvalue weighted by atomic mass is 16.5. The van der Waals surface area contributed by atoms with E-state index in [0.717, 1.165) is 44.0 Å². The van der Waals surface area contributed by atoms with Gasteiger partial charge < -0.3 is 15.0 Å². The number of aromatic nitrogens is 1. The van der Waals surface area contributed by atoms with Crippen LogP contribution in [0.4, 0.5) is 5.69 Å². The molecular weight excluding hydrogens is 250 g/mol. The molecule has 0 bridgehead atoms. The molecule has 4 heteroatoms. The monoisotopic (exact) mass is 275 g/mol. The first-order valence-electron chi connectivity index (χ1n) is 7.78. The SMILES string of the molecule is CN(CC1CCOCC1)c1ccnc(CNC2CC2)c1. The van der Waals surface area contributed by atoms with Crippen molar-refractivity contribution >= 4 is 5.69 Å². The molecule has 1 aromatic heterocycles. The third kappa shape index (κ3) is 3.93. The first-order valence-corrected chi connectivity index (χ1v) is 7.78. The Labute approximate surface area is 121 Å². The standard InChI is InChI=1S/C16H25N3O/c1-19(12-13-5-8-20-9-6-13)16-4-7-17-15(10-16)11-18-14-2-3-14/h4,7,10,13-14,18H,2-3,5-6,8-9,11-12H2,1H3. The van der Waals surface area contributed by atoms with Gasteiger partial charge in [-0.05, 0) is 43.7 Å². The number of anilines is 1. The van der Waals surface area contributed by atoms with Crippen LogP contribution in [0.2, 0.25) is 0 Å². The molecular formula is C16H25N3O. The molecule has 3 rings (SSSR count). The molecule has 1 saturated heterocycles. The molecule has 1 N–H and O–H groups in total. The van der Waals surface area contributed by atoms with Crippen molar-refractivity contribution in [2.45, 2.75) is 38.3 Å². The number of hydrogen-bond acceptors (Lipinski definition) is 4. The van der Waals surface area contributed by atoms with Gasteiger partial charge in [0, 0.05) is 51.3 Å². The van der Waals surface area contributed by atoms with Crippen molar-refractivity contribution in [2.75, 3.05) is 31.7 Å². The Kier molecular flexibility index (Phi) is 4.53. The highest BCUT2D eigenvalue weighted by Gasteiger charge is 2.20. The lowest BCUT2D eigenvalue weighted by atomic mass is 10.00. The van der Waals surface area contributed by atoms with E-state index < -0.39 is 0 Å². The molecule has 0 aromatic carbocycles. The largest absolute Gasteiger partial charge is 0.381 e. The zero-order chi connectivity index (χ0) is 13.8. The van der Waals surface area contributed by atoms with Gasteiger partial charge in [-0.2, -0.15) is 0 Å². The molecule has 4 nitrogen and oxygen atoms in total. The van der Waals surface area contributed by atoms with Crippen molar-refractivity contribution in [3.8, 4) is 0 Å². The highest BCUT2D eigenvalue weighted by Crippen LogP contribution is 2.21. The van der Waals surface area contributed by atoms with Gasteiger partial charge >= 0.3 is 0 Å². The van der Waals surface area contributed by atoms with Gasteiger partial charge in [-0.15, -0.1) is 0 Å². The van der Waals surface area contributed by atoms with Crippen LogP contribution in [0.1, 0.15) is 31.4 Å². The minimum atomic E-state index is 0.737. The molecule has 2 aliphatic rings. The lowest BCUT2D eigenvalue weighted by Crippen LogP contribution is -2.29. The third-order valence-electron chi connectivity index (χ3n) is 4.26. The van der Waals surface area contributed by atoms with Crippen molar-refractivity contribution in [3.63, 3.8) is 0 Å². The molecule has 1 aliphatic carbocycles. The van der Waals surface area contributed by atoms with E-state index in [1.54, 1.807) is 0 Å². The van der Waals surface area contributed by atoms with E-state index in [1.165, 1.54) is 31.4 Å².